The standard InChI is InChI=1S/C15H16N2O3/c1-20-14-6-5-10(7-13(14)16)9-17-15(19)11-3-2-4-12(18)8-11/h2-8,18H,9,16H2,1H3,(H,17,19). The number of aromatic hydroxyl groups is 1. The average molecular weight is 272 g/mol. The van der Waals surface area contributed by atoms with Crippen molar-refractivity contribution < 1.29 is 14.6 Å². The van der Waals surface area contributed by atoms with Crippen LogP contribution in [0.1, 0.15) is 15.9 Å². The van der Waals surface area contributed by atoms with E-state index in [2.05, 4.69) is 5.32 Å². The maximum atomic E-state index is 11.9. The van der Waals surface area contributed by atoms with Gasteiger partial charge in [0.2, 0.25) is 0 Å². The molecule has 0 unspecified atom stereocenters. The van der Waals surface area contributed by atoms with Crippen molar-refractivity contribution in [3.05, 3.63) is 53.6 Å². The highest BCUT2D eigenvalue weighted by Gasteiger charge is 2.06. The van der Waals surface area contributed by atoms with E-state index in [4.69, 9.17) is 10.5 Å². The molecule has 20 heavy (non-hydrogen) atoms. The van der Waals surface area contributed by atoms with E-state index in [1.807, 2.05) is 6.07 Å². The Hall–Kier alpha value is -2.69. The zero-order valence-electron chi connectivity index (χ0n) is 11.1. The zero-order valence-corrected chi connectivity index (χ0v) is 11.1. The number of methoxy groups -OCH3 is 1. The topological polar surface area (TPSA) is 84.6 Å². The fourth-order valence-electron chi connectivity index (χ4n) is 1.83. The number of hydrogen-bond acceptors (Lipinski definition) is 4. The first-order chi connectivity index (χ1) is 9.60. The summed E-state index contributed by atoms with van der Waals surface area (Å²) in [6, 6.07) is 11.5. The lowest BCUT2D eigenvalue weighted by Gasteiger charge is -2.09. The van der Waals surface area contributed by atoms with Gasteiger partial charge in [-0.05, 0) is 35.9 Å². The molecule has 0 atom stereocenters. The van der Waals surface area contributed by atoms with Crippen LogP contribution in [0.15, 0.2) is 42.5 Å². The minimum Gasteiger partial charge on any atom is -0.508 e. The third kappa shape index (κ3) is 3.20. The highest BCUT2D eigenvalue weighted by atomic mass is 16.5. The van der Waals surface area contributed by atoms with Crippen LogP contribution in [-0.4, -0.2) is 18.1 Å². The van der Waals surface area contributed by atoms with Crippen molar-refractivity contribution in [2.24, 2.45) is 0 Å². The van der Waals surface area contributed by atoms with Gasteiger partial charge in [0.05, 0.1) is 12.8 Å². The number of carbonyl (C=O) groups is 1. The summed E-state index contributed by atoms with van der Waals surface area (Å²) in [6.07, 6.45) is 0. The van der Waals surface area contributed by atoms with E-state index in [-0.39, 0.29) is 11.7 Å². The maximum Gasteiger partial charge on any atom is 0.251 e. The Morgan fingerprint density at radius 2 is 2.10 bits per heavy atom. The van der Waals surface area contributed by atoms with E-state index in [9.17, 15) is 9.90 Å². The highest BCUT2D eigenvalue weighted by molar-refractivity contribution is 5.94. The third-order valence-corrected chi connectivity index (χ3v) is 2.86. The van der Waals surface area contributed by atoms with Crippen LogP contribution in [0.5, 0.6) is 11.5 Å². The van der Waals surface area contributed by atoms with Crippen LogP contribution in [-0.2, 0) is 6.54 Å². The molecule has 2 rings (SSSR count). The van der Waals surface area contributed by atoms with Gasteiger partial charge in [-0.1, -0.05) is 12.1 Å². The van der Waals surface area contributed by atoms with Crippen LogP contribution in [0.25, 0.3) is 0 Å². The molecular formula is C15H16N2O3. The van der Waals surface area contributed by atoms with Gasteiger partial charge in [-0.15, -0.1) is 0 Å². The Balaban J connectivity index is 2.02. The largest absolute Gasteiger partial charge is 0.508 e. The zero-order chi connectivity index (χ0) is 14.5. The van der Waals surface area contributed by atoms with E-state index < -0.39 is 0 Å². The molecule has 5 heteroatoms. The number of nitrogen functional groups attached to an aromatic ring is 1. The molecule has 0 aliphatic rings. The van der Waals surface area contributed by atoms with Crippen molar-refractivity contribution in [3.8, 4) is 11.5 Å². The number of ether oxygens (including phenoxy) is 1. The van der Waals surface area contributed by atoms with Gasteiger partial charge in [-0.2, -0.15) is 0 Å². The van der Waals surface area contributed by atoms with Gasteiger partial charge in [-0.25, -0.2) is 0 Å². The molecule has 0 heterocycles. The number of phenolic OH excluding ortho intramolecular Hbond substituents is 1. The summed E-state index contributed by atoms with van der Waals surface area (Å²) in [6.45, 7) is 0.350. The van der Waals surface area contributed by atoms with E-state index >= 15 is 0 Å². The molecule has 2 aromatic carbocycles. The quantitative estimate of drug-likeness (QED) is 0.742. The number of anilines is 1. The molecule has 0 bridgehead atoms. The molecule has 0 aromatic heterocycles. The number of nitrogens with two attached hydrogens (primary N) is 1. The summed E-state index contributed by atoms with van der Waals surface area (Å²) >= 11 is 0. The van der Waals surface area contributed by atoms with Gasteiger partial charge < -0.3 is 20.9 Å². The summed E-state index contributed by atoms with van der Waals surface area (Å²) in [4.78, 5) is 11.9. The first kappa shape index (κ1) is 13.7. The molecule has 104 valence electrons. The molecule has 1 amide bonds. The molecule has 0 fully saturated rings. The fourth-order valence-corrected chi connectivity index (χ4v) is 1.83. The summed E-state index contributed by atoms with van der Waals surface area (Å²) < 4.78 is 5.07. The minimum absolute atomic E-state index is 0.0614. The second-order valence-electron chi connectivity index (χ2n) is 4.31. The van der Waals surface area contributed by atoms with Gasteiger partial charge in [0.15, 0.2) is 0 Å². The van der Waals surface area contributed by atoms with Crippen LogP contribution in [0, 0.1) is 0 Å². The molecule has 0 aliphatic heterocycles. The van der Waals surface area contributed by atoms with Crippen LogP contribution >= 0.6 is 0 Å². The van der Waals surface area contributed by atoms with Gasteiger partial charge >= 0.3 is 0 Å². The molecular weight excluding hydrogens is 256 g/mol. The SMILES string of the molecule is COc1ccc(CNC(=O)c2cccc(O)c2)cc1N. The first-order valence-electron chi connectivity index (χ1n) is 6.10. The van der Waals surface area contributed by atoms with Crippen LogP contribution < -0.4 is 15.8 Å². The number of hydrogen-bond donors (Lipinski definition) is 3. The van der Waals surface area contributed by atoms with Crippen LogP contribution in [0.4, 0.5) is 5.69 Å². The molecule has 0 aliphatic carbocycles. The Kier molecular flexibility index (Phi) is 4.10. The van der Waals surface area contributed by atoms with Gasteiger partial charge in [-0.3, -0.25) is 4.79 Å². The normalized spacial score (nSPS) is 10.1. The second-order valence-corrected chi connectivity index (χ2v) is 4.31. The summed E-state index contributed by atoms with van der Waals surface area (Å²) in [5.74, 6) is 0.412. The molecule has 0 spiro atoms. The molecule has 0 saturated carbocycles. The molecule has 0 radical (unpaired) electrons. The molecule has 0 saturated heterocycles. The van der Waals surface area contributed by atoms with Gasteiger partial charge in [0.1, 0.15) is 11.5 Å². The number of carbonyl (C=O) groups excluding carboxylic acids is 1. The number of amides is 1. The van der Waals surface area contributed by atoms with Gasteiger partial charge in [0, 0.05) is 12.1 Å². The highest BCUT2D eigenvalue weighted by Crippen LogP contribution is 2.21. The summed E-state index contributed by atoms with van der Waals surface area (Å²) in [5, 5.41) is 12.1. The van der Waals surface area contributed by atoms with Crippen molar-refractivity contribution >= 4 is 11.6 Å². The van der Waals surface area contributed by atoms with Crippen LogP contribution in [0.2, 0.25) is 0 Å². The third-order valence-electron chi connectivity index (χ3n) is 2.86. The van der Waals surface area contributed by atoms with E-state index in [0.717, 1.165) is 5.56 Å². The Bertz CT molecular complexity index is 626. The lowest BCUT2D eigenvalue weighted by atomic mass is 10.1. The Morgan fingerprint density at radius 3 is 2.75 bits per heavy atom. The predicted octanol–water partition coefficient (Wildman–Crippen LogP) is 1.91. The predicted molar refractivity (Wildman–Crippen MR) is 76.7 cm³/mol. The van der Waals surface area contributed by atoms with Gasteiger partial charge in [0.25, 0.3) is 5.91 Å². The number of rotatable bonds is 4. The second kappa shape index (κ2) is 5.97. The smallest absolute Gasteiger partial charge is 0.251 e. The van der Waals surface area contributed by atoms with E-state index in [1.165, 1.54) is 12.1 Å². The molecule has 4 N–H and O–H groups in total. The molecule has 5 nitrogen and oxygen atoms in total. The number of phenols is 1. The van der Waals surface area contributed by atoms with Crippen molar-refractivity contribution in [3.63, 3.8) is 0 Å². The van der Waals surface area contributed by atoms with E-state index in [0.29, 0.717) is 23.5 Å². The van der Waals surface area contributed by atoms with Crippen LogP contribution in [0.3, 0.4) is 0 Å². The van der Waals surface area contributed by atoms with Crippen molar-refractivity contribution in [2.75, 3.05) is 12.8 Å². The fraction of sp³-hybridized carbons (Fsp3) is 0.133. The Morgan fingerprint density at radius 1 is 1.30 bits per heavy atom. The number of benzene rings is 2. The number of nitrogens with one attached hydrogen (secondary N) is 1. The van der Waals surface area contributed by atoms with E-state index in [1.54, 1.807) is 31.4 Å². The maximum absolute atomic E-state index is 11.9. The average Bonchev–Trinajstić information content (AvgIpc) is 2.45. The summed E-state index contributed by atoms with van der Waals surface area (Å²) in [7, 11) is 1.55. The van der Waals surface area contributed by atoms with Crippen molar-refractivity contribution in [2.45, 2.75) is 6.54 Å². The monoisotopic (exact) mass is 272 g/mol. The lowest BCUT2D eigenvalue weighted by molar-refractivity contribution is 0.0950. The van der Waals surface area contributed by atoms with Crippen molar-refractivity contribution in [1.82, 2.24) is 5.32 Å². The van der Waals surface area contributed by atoms with Crippen molar-refractivity contribution in [1.29, 1.82) is 0 Å². The minimum atomic E-state index is -0.254. The summed E-state index contributed by atoms with van der Waals surface area (Å²) in [5.41, 5.74) is 7.60. The Labute approximate surface area is 117 Å². The molecule has 2 aromatic rings. The lowest BCUT2D eigenvalue weighted by Crippen LogP contribution is -2.22. The first-order valence-corrected chi connectivity index (χ1v) is 6.10.